The van der Waals surface area contributed by atoms with Crippen LogP contribution in [0.3, 0.4) is 0 Å². The SMILES string of the molecule is CCCc1cnc(N2CCCCC2CCN)nc1. The normalized spacial score (nSPS) is 20.1. The van der Waals surface area contributed by atoms with Gasteiger partial charge in [0.05, 0.1) is 0 Å². The molecule has 0 radical (unpaired) electrons. The zero-order valence-corrected chi connectivity index (χ0v) is 11.3. The molecule has 2 N–H and O–H groups in total. The summed E-state index contributed by atoms with van der Waals surface area (Å²) in [6, 6.07) is 0.528. The van der Waals surface area contributed by atoms with Gasteiger partial charge < -0.3 is 10.6 Å². The molecule has 2 rings (SSSR count). The summed E-state index contributed by atoms with van der Waals surface area (Å²) in [5.41, 5.74) is 6.93. The van der Waals surface area contributed by atoms with E-state index in [9.17, 15) is 0 Å². The number of nitrogens with zero attached hydrogens (tertiary/aromatic N) is 3. The summed E-state index contributed by atoms with van der Waals surface area (Å²) in [6.07, 6.45) is 10.9. The number of hydrogen-bond donors (Lipinski definition) is 1. The fraction of sp³-hybridized carbons (Fsp3) is 0.714. The van der Waals surface area contributed by atoms with Crippen molar-refractivity contribution in [3.05, 3.63) is 18.0 Å². The first kappa shape index (κ1) is 13.3. The van der Waals surface area contributed by atoms with Gasteiger partial charge in [0.25, 0.3) is 0 Å². The Hall–Kier alpha value is -1.16. The molecule has 100 valence electrons. The van der Waals surface area contributed by atoms with Crippen molar-refractivity contribution in [1.82, 2.24) is 9.97 Å². The molecular formula is C14H24N4. The highest BCUT2D eigenvalue weighted by Gasteiger charge is 2.23. The van der Waals surface area contributed by atoms with Crippen molar-refractivity contribution in [2.45, 2.75) is 51.5 Å². The summed E-state index contributed by atoms with van der Waals surface area (Å²) in [5, 5.41) is 0. The molecule has 1 fully saturated rings. The van der Waals surface area contributed by atoms with E-state index in [0.29, 0.717) is 6.04 Å². The van der Waals surface area contributed by atoms with Gasteiger partial charge in [-0.15, -0.1) is 0 Å². The molecule has 1 aromatic heterocycles. The Balaban J connectivity index is 2.07. The van der Waals surface area contributed by atoms with Crippen molar-refractivity contribution < 1.29 is 0 Å². The molecule has 4 nitrogen and oxygen atoms in total. The molecular weight excluding hydrogens is 224 g/mol. The van der Waals surface area contributed by atoms with Crippen molar-refractivity contribution in [3.63, 3.8) is 0 Å². The number of nitrogens with two attached hydrogens (primary N) is 1. The van der Waals surface area contributed by atoms with E-state index in [1.54, 1.807) is 0 Å². The first-order valence-corrected chi connectivity index (χ1v) is 7.12. The van der Waals surface area contributed by atoms with E-state index in [4.69, 9.17) is 5.73 Å². The van der Waals surface area contributed by atoms with Crippen LogP contribution in [-0.2, 0) is 6.42 Å². The lowest BCUT2D eigenvalue weighted by Crippen LogP contribution is -2.41. The molecule has 1 unspecified atom stereocenters. The van der Waals surface area contributed by atoms with Crippen LogP contribution in [0.4, 0.5) is 5.95 Å². The van der Waals surface area contributed by atoms with Crippen LogP contribution < -0.4 is 10.6 Å². The van der Waals surface area contributed by atoms with E-state index < -0.39 is 0 Å². The molecule has 0 aromatic carbocycles. The average molecular weight is 248 g/mol. The van der Waals surface area contributed by atoms with Crippen LogP contribution in [0.25, 0.3) is 0 Å². The Bertz CT molecular complexity index is 347. The van der Waals surface area contributed by atoms with Gasteiger partial charge in [0.1, 0.15) is 0 Å². The van der Waals surface area contributed by atoms with Gasteiger partial charge in [0, 0.05) is 25.0 Å². The molecule has 0 amide bonds. The molecule has 2 heterocycles. The Morgan fingerprint density at radius 2 is 2.11 bits per heavy atom. The third-order valence-corrected chi connectivity index (χ3v) is 3.61. The van der Waals surface area contributed by atoms with E-state index in [-0.39, 0.29) is 0 Å². The summed E-state index contributed by atoms with van der Waals surface area (Å²) >= 11 is 0. The minimum absolute atomic E-state index is 0.528. The zero-order valence-electron chi connectivity index (χ0n) is 11.3. The van der Waals surface area contributed by atoms with Crippen LogP contribution in [0.1, 0.15) is 44.6 Å². The molecule has 0 bridgehead atoms. The van der Waals surface area contributed by atoms with Crippen LogP contribution >= 0.6 is 0 Å². The zero-order chi connectivity index (χ0) is 12.8. The minimum Gasteiger partial charge on any atom is -0.338 e. The van der Waals surface area contributed by atoms with Crippen molar-refractivity contribution in [2.75, 3.05) is 18.0 Å². The summed E-state index contributed by atoms with van der Waals surface area (Å²) in [7, 11) is 0. The van der Waals surface area contributed by atoms with Gasteiger partial charge in [0.2, 0.25) is 5.95 Å². The highest BCUT2D eigenvalue weighted by Crippen LogP contribution is 2.23. The molecule has 4 heteroatoms. The first-order chi connectivity index (χ1) is 8.85. The number of anilines is 1. The molecule has 0 spiro atoms. The summed E-state index contributed by atoms with van der Waals surface area (Å²) in [6.45, 7) is 3.99. The standard InChI is InChI=1S/C14H24N4/c1-2-5-12-10-16-14(17-11-12)18-9-4-3-6-13(18)7-8-15/h10-11,13H,2-9,15H2,1H3. The van der Waals surface area contributed by atoms with Gasteiger partial charge >= 0.3 is 0 Å². The second kappa shape index (κ2) is 6.69. The maximum absolute atomic E-state index is 5.70. The second-order valence-corrected chi connectivity index (χ2v) is 5.06. The maximum Gasteiger partial charge on any atom is 0.225 e. The highest BCUT2D eigenvalue weighted by molar-refractivity contribution is 5.32. The van der Waals surface area contributed by atoms with Gasteiger partial charge in [-0.05, 0) is 44.2 Å². The van der Waals surface area contributed by atoms with Gasteiger partial charge in [-0.25, -0.2) is 9.97 Å². The highest BCUT2D eigenvalue weighted by atomic mass is 15.3. The summed E-state index contributed by atoms with van der Waals surface area (Å²) in [5.74, 6) is 0.882. The molecule has 0 aliphatic carbocycles. The largest absolute Gasteiger partial charge is 0.338 e. The number of piperidine rings is 1. The lowest BCUT2D eigenvalue weighted by atomic mass is 10.00. The molecule has 1 aliphatic rings. The van der Waals surface area contributed by atoms with Crippen LogP contribution in [0.5, 0.6) is 0 Å². The lowest BCUT2D eigenvalue weighted by Gasteiger charge is -2.35. The molecule has 18 heavy (non-hydrogen) atoms. The lowest BCUT2D eigenvalue weighted by molar-refractivity contribution is 0.435. The monoisotopic (exact) mass is 248 g/mol. The van der Waals surface area contributed by atoms with Crippen molar-refractivity contribution >= 4 is 5.95 Å². The van der Waals surface area contributed by atoms with Crippen LogP contribution in [0, 0.1) is 0 Å². The topological polar surface area (TPSA) is 55.0 Å². The number of aromatic nitrogens is 2. The van der Waals surface area contributed by atoms with Crippen molar-refractivity contribution in [1.29, 1.82) is 0 Å². The van der Waals surface area contributed by atoms with E-state index in [2.05, 4.69) is 21.8 Å². The van der Waals surface area contributed by atoms with Crippen LogP contribution in [-0.4, -0.2) is 29.1 Å². The van der Waals surface area contributed by atoms with Gasteiger partial charge in [-0.2, -0.15) is 0 Å². The molecule has 1 atom stereocenters. The van der Waals surface area contributed by atoms with Crippen molar-refractivity contribution in [2.24, 2.45) is 5.73 Å². The maximum atomic E-state index is 5.70. The molecule has 1 aromatic rings. The van der Waals surface area contributed by atoms with Crippen LogP contribution in [0.15, 0.2) is 12.4 Å². The third-order valence-electron chi connectivity index (χ3n) is 3.61. The van der Waals surface area contributed by atoms with Gasteiger partial charge in [0.15, 0.2) is 0 Å². The van der Waals surface area contributed by atoms with E-state index in [1.807, 2.05) is 12.4 Å². The smallest absolute Gasteiger partial charge is 0.225 e. The van der Waals surface area contributed by atoms with E-state index in [0.717, 1.165) is 38.3 Å². The summed E-state index contributed by atoms with van der Waals surface area (Å²) in [4.78, 5) is 11.4. The minimum atomic E-state index is 0.528. The number of hydrogen-bond acceptors (Lipinski definition) is 4. The van der Waals surface area contributed by atoms with E-state index in [1.165, 1.54) is 24.8 Å². The number of aryl methyl sites for hydroxylation is 1. The van der Waals surface area contributed by atoms with E-state index >= 15 is 0 Å². The predicted molar refractivity (Wildman–Crippen MR) is 74.7 cm³/mol. The number of rotatable bonds is 5. The Morgan fingerprint density at radius 1 is 1.33 bits per heavy atom. The fourth-order valence-corrected chi connectivity index (χ4v) is 2.67. The fourth-order valence-electron chi connectivity index (χ4n) is 2.67. The third kappa shape index (κ3) is 3.19. The predicted octanol–water partition coefficient (Wildman–Crippen LogP) is 2.14. The molecule has 0 saturated carbocycles. The Morgan fingerprint density at radius 3 is 2.78 bits per heavy atom. The Labute approximate surface area is 110 Å². The first-order valence-electron chi connectivity index (χ1n) is 7.12. The molecule has 1 aliphatic heterocycles. The quantitative estimate of drug-likeness (QED) is 0.867. The molecule has 1 saturated heterocycles. The van der Waals surface area contributed by atoms with Crippen LogP contribution in [0.2, 0.25) is 0 Å². The van der Waals surface area contributed by atoms with Gasteiger partial charge in [-0.1, -0.05) is 13.3 Å². The second-order valence-electron chi connectivity index (χ2n) is 5.06. The Kier molecular flexibility index (Phi) is 4.93. The van der Waals surface area contributed by atoms with Crippen molar-refractivity contribution in [3.8, 4) is 0 Å². The average Bonchev–Trinajstić information content (AvgIpc) is 2.41. The summed E-state index contributed by atoms with van der Waals surface area (Å²) < 4.78 is 0. The van der Waals surface area contributed by atoms with Gasteiger partial charge in [-0.3, -0.25) is 0 Å².